The predicted octanol–water partition coefficient (Wildman–Crippen LogP) is 5.54. The zero-order valence-corrected chi connectivity index (χ0v) is 24.3. The molecule has 4 aromatic rings. The zero-order valence-electron chi connectivity index (χ0n) is 22.7. The molecule has 212 valence electrons. The number of benzene rings is 3. The zero-order chi connectivity index (χ0) is 28.8. The number of hydrogen-bond acceptors (Lipinski definition) is 8. The van der Waals surface area contributed by atoms with Crippen LogP contribution < -0.4 is 15.4 Å². The normalized spacial score (nSPS) is 14.0. The van der Waals surface area contributed by atoms with Crippen molar-refractivity contribution in [2.24, 2.45) is 0 Å². The third kappa shape index (κ3) is 7.05. The number of nitrogens with one attached hydrogen (secondary N) is 2. The molecule has 1 atom stereocenters. The molecule has 1 aliphatic heterocycles. The van der Waals surface area contributed by atoms with Crippen LogP contribution in [0.5, 0.6) is 5.75 Å². The minimum atomic E-state index is -0.373. The number of amides is 3. The highest BCUT2D eigenvalue weighted by atomic mass is 32.2. The van der Waals surface area contributed by atoms with Crippen molar-refractivity contribution in [2.75, 3.05) is 43.5 Å². The first-order valence-electron chi connectivity index (χ1n) is 13.3. The van der Waals surface area contributed by atoms with Crippen molar-refractivity contribution in [3.63, 3.8) is 0 Å². The molecular weight excluding hydrogens is 560 g/mol. The molecule has 0 bridgehead atoms. The van der Waals surface area contributed by atoms with Crippen molar-refractivity contribution in [2.45, 2.75) is 23.4 Å². The highest BCUT2D eigenvalue weighted by Gasteiger charge is 2.23. The number of thioether (sulfide) groups is 1. The first-order chi connectivity index (χ1) is 19.9. The summed E-state index contributed by atoms with van der Waals surface area (Å²) in [6.07, 6.45) is 0. The average molecular weight is 591 g/mol. The van der Waals surface area contributed by atoms with Crippen LogP contribution in [0.15, 0.2) is 71.1 Å². The Labute approximate surface area is 246 Å². The lowest BCUT2D eigenvalue weighted by atomic mass is 10.0. The number of morpholine rings is 1. The third-order valence-corrected chi connectivity index (χ3v) is 8.62. The number of thiazole rings is 1. The lowest BCUT2D eigenvalue weighted by molar-refractivity contribution is -0.115. The highest BCUT2D eigenvalue weighted by molar-refractivity contribution is 8.02. The fourth-order valence-electron chi connectivity index (χ4n) is 4.28. The van der Waals surface area contributed by atoms with Crippen LogP contribution in [0.2, 0.25) is 0 Å². The molecule has 3 amide bonds. The molecule has 1 fully saturated rings. The summed E-state index contributed by atoms with van der Waals surface area (Å²) in [6, 6.07) is 19.6. The number of nitrogens with zero attached hydrogens (tertiary/aromatic N) is 2. The van der Waals surface area contributed by atoms with Gasteiger partial charge in [0.25, 0.3) is 11.8 Å². The van der Waals surface area contributed by atoms with Crippen molar-refractivity contribution < 1.29 is 23.9 Å². The number of aromatic nitrogens is 1. The predicted molar refractivity (Wildman–Crippen MR) is 162 cm³/mol. The van der Waals surface area contributed by atoms with E-state index in [9.17, 15) is 14.4 Å². The number of carbonyl (C=O) groups excluding carboxylic acids is 3. The van der Waals surface area contributed by atoms with Crippen LogP contribution >= 0.6 is 23.1 Å². The summed E-state index contributed by atoms with van der Waals surface area (Å²) in [7, 11) is 0. The Morgan fingerprint density at radius 3 is 2.44 bits per heavy atom. The smallest absolute Gasteiger partial charge is 0.256 e. The van der Waals surface area contributed by atoms with E-state index in [0.29, 0.717) is 55.4 Å². The summed E-state index contributed by atoms with van der Waals surface area (Å²) in [4.78, 5) is 45.4. The van der Waals surface area contributed by atoms with E-state index in [1.165, 1.54) is 23.1 Å². The summed E-state index contributed by atoms with van der Waals surface area (Å²) in [5.74, 6) is 0.0832. The molecule has 0 radical (unpaired) electrons. The van der Waals surface area contributed by atoms with E-state index < -0.39 is 0 Å². The molecule has 0 saturated carbocycles. The molecule has 1 aliphatic rings. The van der Waals surface area contributed by atoms with Crippen molar-refractivity contribution >= 4 is 62.4 Å². The van der Waals surface area contributed by atoms with Gasteiger partial charge >= 0.3 is 0 Å². The average Bonchev–Trinajstić information content (AvgIpc) is 3.39. The Bertz CT molecular complexity index is 1550. The van der Waals surface area contributed by atoms with Crippen molar-refractivity contribution in [3.05, 3.63) is 77.9 Å². The Balaban J connectivity index is 1.23. The van der Waals surface area contributed by atoms with Crippen molar-refractivity contribution in [3.8, 4) is 5.75 Å². The monoisotopic (exact) mass is 590 g/mol. The van der Waals surface area contributed by atoms with Gasteiger partial charge in [0.05, 0.1) is 46.4 Å². The van der Waals surface area contributed by atoms with Gasteiger partial charge in [-0.2, -0.15) is 0 Å². The van der Waals surface area contributed by atoms with E-state index in [1.807, 2.05) is 50.2 Å². The summed E-state index contributed by atoms with van der Waals surface area (Å²) >= 11 is 2.83. The minimum Gasteiger partial charge on any atom is -0.494 e. The van der Waals surface area contributed by atoms with Crippen molar-refractivity contribution in [1.82, 2.24) is 9.88 Å². The number of anilines is 2. The summed E-state index contributed by atoms with van der Waals surface area (Å²) in [6.45, 7) is 6.31. The van der Waals surface area contributed by atoms with E-state index in [0.717, 1.165) is 20.3 Å². The Kier molecular flexibility index (Phi) is 9.17. The molecule has 2 heterocycles. The van der Waals surface area contributed by atoms with Gasteiger partial charge in [0.2, 0.25) is 5.91 Å². The molecule has 9 nitrogen and oxygen atoms in total. The lowest BCUT2D eigenvalue weighted by Gasteiger charge is -2.27. The molecule has 1 aromatic heterocycles. The van der Waals surface area contributed by atoms with Crippen LogP contribution in [0.4, 0.5) is 11.4 Å². The van der Waals surface area contributed by atoms with Gasteiger partial charge in [-0.15, -0.1) is 11.3 Å². The maximum Gasteiger partial charge on any atom is 0.256 e. The fourth-order valence-corrected chi connectivity index (χ4v) is 6.53. The number of hydrogen-bond donors (Lipinski definition) is 2. The molecule has 1 saturated heterocycles. The Morgan fingerprint density at radius 1 is 1.00 bits per heavy atom. The molecule has 0 spiro atoms. The first-order valence-corrected chi connectivity index (χ1v) is 15.0. The van der Waals surface area contributed by atoms with E-state index >= 15 is 0 Å². The maximum atomic E-state index is 13.2. The van der Waals surface area contributed by atoms with E-state index in [-0.39, 0.29) is 23.0 Å². The van der Waals surface area contributed by atoms with Gasteiger partial charge in [-0.3, -0.25) is 14.4 Å². The molecule has 41 heavy (non-hydrogen) atoms. The van der Waals surface area contributed by atoms with E-state index in [4.69, 9.17) is 9.47 Å². The molecule has 0 aliphatic carbocycles. The summed E-state index contributed by atoms with van der Waals surface area (Å²) in [5, 5.41) is 5.47. The maximum absolute atomic E-state index is 13.2. The minimum absolute atomic E-state index is 0.128. The molecule has 11 heteroatoms. The van der Waals surface area contributed by atoms with Gasteiger partial charge in [0, 0.05) is 24.5 Å². The lowest BCUT2D eigenvalue weighted by Crippen LogP contribution is -2.41. The van der Waals surface area contributed by atoms with Crippen LogP contribution in [0.1, 0.15) is 34.6 Å². The van der Waals surface area contributed by atoms with Gasteiger partial charge in [0.1, 0.15) is 5.75 Å². The van der Waals surface area contributed by atoms with Crippen LogP contribution in [0.25, 0.3) is 10.2 Å². The van der Waals surface area contributed by atoms with Crippen LogP contribution in [-0.2, 0) is 9.53 Å². The fraction of sp³-hybridized carbons (Fsp3) is 0.267. The SMILES string of the molecule is CCOc1ccc(NC(=O)[C@H](C)Sc2nc3ccc(NC(=O)c4ccccc4C(=O)N4CCOCC4)cc3s2)cc1. The summed E-state index contributed by atoms with van der Waals surface area (Å²) < 4.78 is 12.4. The van der Waals surface area contributed by atoms with Gasteiger partial charge in [-0.05, 0) is 68.4 Å². The Morgan fingerprint density at radius 2 is 1.71 bits per heavy atom. The largest absolute Gasteiger partial charge is 0.494 e. The molecule has 2 N–H and O–H groups in total. The molecule has 0 unspecified atom stereocenters. The second kappa shape index (κ2) is 13.2. The quantitative estimate of drug-likeness (QED) is 0.246. The number of carbonyl (C=O) groups is 3. The summed E-state index contributed by atoms with van der Waals surface area (Å²) in [5.41, 5.74) is 2.75. The molecule has 3 aromatic carbocycles. The third-order valence-electron chi connectivity index (χ3n) is 6.41. The van der Waals surface area contributed by atoms with E-state index in [2.05, 4.69) is 15.6 Å². The van der Waals surface area contributed by atoms with Crippen LogP contribution in [-0.4, -0.2) is 65.8 Å². The van der Waals surface area contributed by atoms with Crippen LogP contribution in [0.3, 0.4) is 0 Å². The second-order valence-electron chi connectivity index (χ2n) is 9.27. The molecular formula is C30H30N4O5S2. The Hall–Kier alpha value is -3.93. The number of ether oxygens (including phenoxy) is 2. The second-order valence-corrected chi connectivity index (χ2v) is 11.9. The topological polar surface area (TPSA) is 110 Å². The number of fused-ring (bicyclic) bond motifs is 1. The first kappa shape index (κ1) is 28.6. The standard InChI is InChI=1S/C30H30N4O5S2/c1-3-39-22-11-8-20(9-12-22)31-27(35)19(2)40-30-33-25-13-10-21(18-26(25)41-30)32-28(36)23-6-4-5-7-24(23)29(37)34-14-16-38-17-15-34/h4-13,18-19H,3,14-17H2,1-2H3,(H,31,35)(H,32,36)/t19-/m0/s1. The van der Waals surface area contributed by atoms with Gasteiger partial charge in [-0.1, -0.05) is 23.9 Å². The molecule has 5 rings (SSSR count). The van der Waals surface area contributed by atoms with Crippen molar-refractivity contribution in [1.29, 1.82) is 0 Å². The van der Waals surface area contributed by atoms with Gasteiger partial charge in [-0.25, -0.2) is 4.98 Å². The van der Waals surface area contributed by atoms with Crippen LogP contribution in [0, 0.1) is 0 Å². The van der Waals surface area contributed by atoms with E-state index in [1.54, 1.807) is 35.2 Å². The van der Waals surface area contributed by atoms with Gasteiger partial charge in [0.15, 0.2) is 4.34 Å². The van der Waals surface area contributed by atoms with Gasteiger partial charge < -0.3 is 25.0 Å². The number of rotatable bonds is 9. The highest BCUT2D eigenvalue weighted by Crippen LogP contribution is 2.34.